The van der Waals surface area contributed by atoms with E-state index in [2.05, 4.69) is 0 Å². The van der Waals surface area contributed by atoms with E-state index in [1.807, 2.05) is 6.07 Å². The number of nitrogens with two attached hydrogens (primary N) is 1. The zero-order valence-corrected chi connectivity index (χ0v) is 12.6. The largest absolute Gasteiger partial charge is 0.399 e. The third-order valence-electron chi connectivity index (χ3n) is 4.43. The van der Waals surface area contributed by atoms with E-state index >= 15 is 0 Å². The van der Waals surface area contributed by atoms with Gasteiger partial charge in [0.2, 0.25) is 0 Å². The zero-order valence-electron chi connectivity index (χ0n) is 11.7. The third-order valence-corrected chi connectivity index (χ3v) is 5.54. The van der Waals surface area contributed by atoms with Crippen molar-refractivity contribution in [2.24, 2.45) is 0 Å². The summed E-state index contributed by atoms with van der Waals surface area (Å²) in [6.07, 6.45) is 9.06. The van der Waals surface area contributed by atoms with Gasteiger partial charge in [0.15, 0.2) is 0 Å². The molecule has 1 atom stereocenters. The van der Waals surface area contributed by atoms with E-state index in [1.54, 1.807) is 17.8 Å². The molecule has 1 aromatic carbocycles. The fourth-order valence-corrected chi connectivity index (χ4v) is 4.46. The lowest BCUT2D eigenvalue weighted by Crippen LogP contribution is -2.32. The van der Waals surface area contributed by atoms with Gasteiger partial charge >= 0.3 is 0 Å². The van der Waals surface area contributed by atoms with Crippen LogP contribution in [0.1, 0.15) is 44.9 Å². The van der Waals surface area contributed by atoms with Crippen LogP contribution in [0.4, 0.5) is 10.1 Å². The molecule has 110 valence electrons. The van der Waals surface area contributed by atoms with Crippen molar-refractivity contribution in [1.82, 2.24) is 0 Å². The molecule has 1 saturated carbocycles. The third kappa shape index (κ3) is 3.29. The maximum Gasteiger partial charge on any atom is 0.126 e. The Kier molecular flexibility index (Phi) is 4.22. The minimum Gasteiger partial charge on any atom is -0.399 e. The first-order chi connectivity index (χ1) is 9.65. The molecule has 2 aliphatic rings. The van der Waals surface area contributed by atoms with Crippen molar-refractivity contribution in [3.05, 3.63) is 24.0 Å². The van der Waals surface area contributed by atoms with E-state index in [-0.39, 0.29) is 11.4 Å². The molecule has 3 rings (SSSR count). The summed E-state index contributed by atoms with van der Waals surface area (Å²) in [5.41, 5.74) is 6.33. The Balaban J connectivity index is 1.54. The van der Waals surface area contributed by atoms with Crippen LogP contribution < -0.4 is 5.73 Å². The quantitative estimate of drug-likeness (QED) is 0.664. The first-order valence-electron chi connectivity index (χ1n) is 7.52. The maximum absolute atomic E-state index is 13.3. The summed E-state index contributed by atoms with van der Waals surface area (Å²) in [6.45, 7) is 0. The van der Waals surface area contributed by atoms with Gasteiger partial charge in [-0.05, 0) is 43.9 Å². The molecule has 1 aromatic rings. The van der Waals surface area contributed by atoms with Crippen molar-refractivity contribution in [2.45, 2.75) is 61.5 Å². The Hall–Kier alpha value is -0.740. The van der Waals surface area contributed by atoms with E-state index in [9.17, 15) is 4.39 Å². The molecule has 1 aliphatic carbocycles. The summed E-state index contributed by atoms with van der Waals surface area (Å²) in [4.78, 5) is 0.899. The molecule has 1 saturated heterocycles. The van der Waals surface area contributed by atoms with Crippen LogP contribution in [0.2, 0.25) is 0 Å². The van der Waals surface area contributed by atoms with Gasteiger partial charge in [0.1, 0.15) is 5.82 Å². The highest BCUT2D eigenvalue weighted by Gasteiger charge is 2.40. The fraction of sp³-hybridized carbons (Fsp3) is 0.625. The van der Waals surface area contributed by atoms with Crippen molar-refractivity contribution < 1.29 is 9.13 Å². The first kappa shape index (κ1) is 14.2. The van der Waals surface area contributed by atoms with Crippen LogP contribution in [-0.4, -0.2) is 17.5 Å². The van der Waals surface area contributed by atoms with E-state index in [1.165, 1.54) is 44.6 Å². The molecule has 1 aliphatic heterocycles. The molecule has 1 unspecified atom stereocenters. The smallest absolute Gasteiger partial charge is 0.126 e. The Labute approximate surface area is 124 Å². The molecule has 1 heterocycles. The van der Waals surface area contributed by atoms with E-state index in [0.717, 1.165) is 17.1 Å². The number of hydrogen-bond acceptors (Lipinski definition) is 3. The SMILES string of the molecule is Nc1cc(F)cc(SCC2CCC3(CCCCC3)O2)c1. The maximum atomic E-state index is 13.3. The van der Waals surface area contributed by atoms with Crippen molar-refractivity contribution in [2.75, 3.05) is 11.5 Å². The van der Waals surface area contributed by atoms with Gasteiger partial charge in [-0.25, -0.2) is 4.39 Å². The number of halogens is 1. The van der Waals surface area contributed by atoms with Crippen LogP contribution in [0.3, 0.4) is 0 Å². The first-order valence-corrected chi connectivity index (χ1v) is 8.51. The molecule has 2 fully saturated rings. The van der Waals surface area contributed by atoms with Crippen LogP contribution in [0, 0.1) is 5.82 Å². The fourth-order valence-electron chi connectivity index (χ4n) is 3.43. The van der Waals surface area contributed by atoms with Crippen LogP contribution in [0.15, 0.2) is 23.1 Å². The number of anilines is 1. The highest BCUT2D eigenvalue weighted by Crippen LogP contribution is 2.43. The number of hydrogen-bond donors (Lipinski definition) is 1. The van der Waals surface area contributed by atoms with Crippen molar-refractivity contribution in [1.29, 1.82) is 0 Å². The summed E-state index contributed by atoms with van der Waals surface area (Å²) in [5, 5.41) is 0. The van der Waals surface area contributed by atoms with E-state index < -0.39 is 0 Å². The van der Waals surface area contributed by atoms with Crippen molar-refractivity contribution in [3.8, 4) is 0 Å². The monoisotopic (exact) mass is 295 g/mol. The van der Waals surface area contributed by atoms with Crippen LogP contribution in [0.25, 0.3) is 0 Å². The van der Waals surface area contributed by atoms with Gasteiger partial charge < -0.3 is 10.5 Å². The molecule has 4 heteroatoms. The van der Waals surface area contributed by atoms with Gasteiger partial charge in [-0.3, -0.25) is 0 Å². The van der Waals surface area contributed by atoms with Gasteiger partial charge in [0.05, 0.1) is 11.7 Å². The van der Waals surface area contributed by atoms with Crippen molar-refractivity contribution in [3.63, 3.8) is 0 Å². The molecule has 0 bridgehead atoms. The Morgan fingerprint density at radius 2 is 2.00 bits per heavy atom. The van der Waals surface area contributed by atoms with E-state index in [0.29, 0.717) is 11.8 Å². The zero-order chi connectivity index (χ0) is 14.0. The van der Waals surface area contributed by atoms with E-state index in [4.69, 9.17) is 10.5 Å². The number of benzene rings is 1. The minimum absolute atomic E-state index is 0.171. The standard InChI is InChI=1S/C16H22FNOS/c17-12-8-13(18)10-15(9-12)20-11-14-4-7-16(19-14)5-2-1-3-6-16/h8-10,14H,1-7,11,18H2. The summed E-state index contributed by atoms with van der Waals surface area (Å²) >= 11 is 1.65. The average molecular weight is 295 g/mol. The van der Waals surface area contributed by atoms with Gasteiger partial charge in [-0.15, -0.1) is 11.8 Å². The second-order valence-electron chi connectivity index (χ2n) is 6.05. The van der Waals surface area contributed by atoms with Crippen LogP contribution in [-0.2, 0) is 4.74 Å². The number of nitrogen functional groups attached to an aromatic ring is 1. The average Bonchev–Trinajstić information content (AvgIpc) is 2.79. The molecule has 20 heavy (non-hydrogen) atoms. The normalized spacial score (nSPS) is 25.1. The second-order valence-corrected chi connectivity index (χ2v) is 7.15. The number of ether oxygens (including phenoxy) is 1. The molecule has 0 aromatic heterocycles. The molecular weight excluding hydrogens is 273 g/mol. The molecular formula is C16H22FNOS. The van der Waals surface area contributed by atoms with Gasteiger partial charge in [-0.2, -0.15) is 0 Å². The molecule has 2 N–H and O–H groups in total. The topological polar surface area (TPSA) is 35.2 Å². The second kappa shape index (κ2) is 5.94. The molecule has 0 amide bonds. The lowest BCUT2D eigenvalue weighted by atomic mass is 9.83. The van der Waals surface area contributed by atoms with Gasteiger partial charge in [0, 0.05) is 16.3 Å². The Bertz CT molecular complexity index is 453. The summed E-state index contributed by atoms with van der Waals surface area (Å²) in [7, 11) is 0. The minimum atomic E-state index is -0.261. The molecule has 2 nitrogen and oxygen atoms in total. The lowest BCUT2D eigenvalue weighted by molar-refractivity contribution is -0.0555. The molecule has 0 radical (unpaired) electrons. The highest BCUT2D eigenvalue weighted by molar-refractivity contribution is 7.99. The van der Waals surface area contributed by atoms with Crippen LogP contribution in [0.5, 0.6) is 0 Å². The van der Waals surface area contributed by atoms with Crippen molar-refractivity contribution >= 4 is 17.4 Å². The van der Waals surface area contributed by atoms with Crippen LogP contribution >= 0.6 is 11.8 Å². The predicted octanol–water partition coefficient (Wildman–Crippen LogP) is 4.38. The number of thioether (sulfide) groups is 1. The Morgan fingerprint density at radius 3 is 2.75 bits per heavy atom. The number of rotatable bonds is 3. The van der Waals surface area contributed by atoms with Gasteiger partial charge in [-0.1, -0.05) is 19.3 Å². The summed E-state index contributed by atoms with van der Waals surface area (Å²) in [6, 6.07) is 4.73. The summed E-state index contributed by atoms with van der Waals surface area (Å²) < 4.78 is 19.6. The highest BCUT2D eigenvalue weighted by atomic mass is 32.2. The predicted molar refractivity (Wildman–Crippen MR) is 81.5 cm³/mol. The van der Waals surface area contributed by atoms with Gasteiger partial charge in [0.25, 0.3) is 0 Å². The summed E-state index contributed by atoms with van der Waals surface area (Å²) in [5.74, 6) is 0.633. The lowest BCUT2D eigenvalue weighted by Gasteiger charge is -2.33. The Morgan fingerprint density at radius 1 is 1.20 bits per heavy atom. The molecule has 1 spiro atoms.